The lowest BCUT2D eigenvalue weighted by Crippen LogP contribution is -1.99. The molecule has 1 N–H and O–H groups in total. The van der Waals surface area contributed by atoms with Gasteiger partial charge in [0.2, 0.25) is 0 Å². The van der Waals surface area contributed by atoms with E-state index in [4.69, 9.17) is 63.3 Å². The summed E-state index contributed by atoms with van der Waals surface area (Å²) in [5.74, 6) is 0. The van der Waals surface area contributed by atoms with Crippen LogP contribution in [-0.4, -0.2) is 0 Å². The third-order valence-corrected chi connectivity index (χ3v) is 4.51. The molecular weight excluding hydrogens is 387 g/mol. The topological polar surface area (TPSA) is 59.6 Å². The molecule has 0 atom stereocenters. The van der Waals surface area contributed by atoms with Crippen LogP contribution in [0.4, 0.5) is 11.4 Å². The van der Waals surface area contributed by atoms with E-state index in [0.717, 1.165) is 0 Å². The van der Waals surface area contributed by atoms with E-state index in [1.807, 2.05) is 12.1 Å². The van der Waals surface area contributed by atoms with Crippen LogP contribution in [0.3, 0.4) is 0 Å². The molecule has 110 valence electrons. The van der Waals surface area contributed by atoms with Crippen molar-refractivity contribution >= 4 is 69.4 Å². The van der Waals surface area contributed by atoms with Crippen molar-refractivity contribution < 1.29 is 0 Å². The number of rotatable bonds is 2. The number of nitrogens with zero attached hydrogens (tertiary/aromatic N) is 2. The van der Waals surface area contributed by atoms with Gasteiger partial charge in [-0.15, -0.1) is 0 Å². The zero-order valence-corrected chi connectivity index (χ0v) is 14.3. The van der Waals surface area contributed by atoms with E-state index in [1.165, 1.54) is 6.07 Å². The molecule has 0 heterocycles. The monoisotopic (exact) mass is 389 g/mol. The normalized spacial score (nSPS) is 9.95. The van der Waals surface area contributed by atoms with E-state index in [1.54, 1.807) is 12.1 Å². The molecule has 0 bridgehead atoms. The van der Waals surface area contributed by atoms with Crippen molar-refractivity contribution in [3.8, 4) is 12.1 Å². The van der Waals surface area contributed by atoms with Crippen molar-refractivity contribution in [2.75, 3.05) is 5.32 Å². The molecule has 0 aromatic heterocycles. The molecular formula is C14H4Cl5N3. The van der Waals surface area contributed by atoms with Crippen molar-refractivity contribution in [2.45, 2.75) is 0 Å². The molecule has 2 aromatic rings. The summed E-state index contributed by atoms with van der Waals surface area (Å²) >= 11 is 30.0. The molecule has 2 aromatic carbocycles. The fourth-order valence-corrected chi connectivity index (χ4v) is 2.95. The number of nitriles is 2. The first-order valence-electron chi connectivity index (χ1n) is 5.63. The predicted octanol–water partition coefficient (Wildman–Crippen LogP) is 6.44. The summed E-state index contributed by atoms with van der Waals surface area (Å²) in [6, 6.07) is 8.50. The van der Waals surface area contributed by atoms with Gasteiger partial charge in [0.1, 0.15) is 12.1 Å². The summed E-state index contributed by atoms with van der Waals surface area (Å²) in [6.07, 6.45) is 0. The van der Waals surface area contributed by atoms with Gasteiger partial charge in [-0.3, -0.25) is 0 Å². The van der Waals surface area contributed by atoms with Crippen LogP contribution in [0.25, 0.3) is 0 Å². The van der Waals surface area contributed by atoms with Crippen LogP contribution in [-0.2, 0) is 0 Å². The Morgan fingerprint density at radius 1 is 0.818 bits per heavy atom. The number of hydrogen-bond donors (Lipinski definition) is 1. The fourth-order valence-electron chi connectivity index (χ4n) is 1.71. The second kappa shape index (κ2) is 6.84. The summed E-state index contributed by atoms with van der Waals surface area (Å²) in [4.78, 5) is 0. The van der Waals surface area contributed by atoms with Gasteiger partial charge in [0, 0.05) is 5.02 Å². The Kier molecular flexibility index (Phi) is 5.29. The van der Waals surface area contributed by atoms with Crippen molar-refractivity contribution in [2.24, 2.45) is 0 Å². The maximum absolute atomic E-state index is 9.27. The maximum atomic E-state index is 9.27. The largest absolute Gasteiger partial charge is 0.352 e. The van der Waals surface area contributed by atoms with Gasteiger partial charge in [0.25, 0.3) is 0 Å². The molecule has 0 aliphatic carbocycles. The number of hydrogen-bond acceptors (Lipinski definition) is 3. The summed E-state index contributed by atoms with van der Waals surface area (Å²) in [7, 11) is 0. The Morgan fingerprint density at radius 2 is 1.41 bits per heavy atom. The first kappa shape index (κ1) is 17.0. The van der Waals surface area contributed by atoms with Gasteiger partial charge < -0.3 is 5.32 Å². The number of anilines is 2. The van der Waals surface area contributed by atoms with Crippen molar-refractivity contribution in [3.63, 3.8) is 0 Å². The minimum absolute atomic E-state index is 0.0144. The number of halogens is 5. The number of nitrogens with one attached hydrogen (secondary N) is 1. The summed E-state index contributed by atoms with van der Waals surface area (Å²) < 4.78 is 0. The standard InChI is InChI=1S/C14H4Cl5N3/c15-6-1-2-10(9(16)3-6)22-14-8(5-21)12(18)11(17)7(4-20)13(14)19/h1-3,22H. The molecule has 0 fully saturated rings. The fraction of sp³-hybridized carbons (Fsp3) is 0. The van der Waals surface area contributed by atoms with E-state index < -0.39 is 0 Å². The highest BCUT2D eigenvalue weighted by Gasteiger charge is 2.22. The summed E-state index contributed by atoms with van der Waals surface area (Å²) in [6.45, 7) is 0. The van der Waals surface area contributed by atoms with Crippen LogP contribution in [0.1, 0.15) is 11.1 Å². The highest BCUT2D eigenvalue weighted by Crippen LogP contribution is 2.42. The van der Waals surface area contributed by atoms with Gasteiger partial charge in [0.05, 0.1) is 42.6 Å². The third kappa shape index (κ3) is 3.06. The summed E-state index contributed by atoms with van der Waals surface area (Å²) in [5, 5.41) is 21.9. The molecule has 0 spiro atoms. The first-order valence-corrected chi connectivity index (χ1v) is 7.52. The average molecular weight is 391 g/mol. The van der Waals surface area contributed by atoms with Gasteiger partial charge in [-0.05, 0) is 18.2 Å². The van der Waals surface area contributed by atoms with Gasteiger partial charge in [-0.25, -0.2) is 0 Å². The van der Waals surface area contributed by atoms with Crippen molar-refractivity contribution in [3.05, 3.63) is 54.4 Å². The van der Waals surface area contributed by atoms with Gasteiger partial charge in [-0.1, -0.05) is 58.0 Å². The molecule has 22 heavy (non-hydrogen) atoms. The van der Waals surface area contributed by atoms with Gasteiger partial charge in [-0.2, -0.15) is 10.5 Å². The first-order chi connectivity index (χ1) is 10.4. The second-order valence-electron chi connectivity index (χ2n) is 4.04. The zero-order chi connectivity index (χ0) is 16.4. The van der Waals surface area contributed by atoms with Crippen LogP contribution in [0.5, 0.6) is 0 Å². The Morgan fingerprint density at radius 3 is 1.95 bits per heavy atom. The van der Waals surface area contributed by atoms with Gasteiger partial charge in [0.15, 0.2) is 0 Å². The minimum Gasteiger partial charge on any atom is -0.352 e. The molecule has 3 nitrogen and oxygen atoms in total. The predicted molar refractivity (Wildman–Crippen MR) is 90.6 cm³/mol. The molecule has 0 amide bonds. The smallest absolute Gasteiger partial charge is 0.103 e. The minimum atomic E-state index is -0.0709. The highest BCUT2D eigenvalue weighted by atomic mass is 35.5. The van der Waals surface area contributed by atoms with Crippen LogP contribution in [0.15, 0.2) is 18.2 Å². The second-order valence-corrected chi connectivity index (χ2v) is 6.02. The van der Waals surface area contributed by atoms with E-state index in [-0.39, 0.29) is 31.9 Å². The Labute approximate surface area is 151 Å². The lowest BCUT2D eigenvalue weighted by atomic mass is 10.1. The maximum Gasteiger partial charge on any atom is 0.103 e. The Balaban J connectivity index is 2.68. The molecule has 0 aliphatic rings. The third-order valence-electron chi connectivity index (χ3n) is 2.74. The van der Waals surface area contributed by atoms with E-state index in [9.17, 15) is 5.26 Å². The molecule has 0 unspecified atom stereocenters. The quantitative estimate of drug-likeness (QED) is 0.599. The van der Waals surface area contributed by atoms with Crippen molar-refractivity contribution in [1.29, 1.82) is 10.5 Å². The zero-order valence-electron chi connectivity index (χ0n) is 10.5. The van der Waals surface area contributed by atoms with E-state index in [2.05, 4.69) is 5.32 Å². The van der Waals surface area contributed by atoms with Gasteiger partial charge >= 0.3 is 0 Å². The SMILES string of the molecule is N#Cc1c(Cl)c(Cl)c(C#N)c(Nc2ccc(Cl)cc2Cl)c1Cl. The van der Waals surface area contributed by atoms with Crippen LogP contribution in [0, 0.1) is 22.7 Å². The van der Waals surface area contributed by atoms with Crippen molar-refractivity contribution in [1.82, 2.24) is 0 Å². The Hall–Kier alpha value is -1.33. The van der Waals surface area contributed by atoms with Crippen LogP contribution < -0.4 is 5.32 Å². The highest BCUT2D eigenvalue weighted by molar-refractivity contribution is 6.46. The number of benzene rings is 2. The molecule has 0 aliphatic heterocycles. The molecule has 8 heteroatoms. The van der Waals surface area contributed by atoms with Crippen LogP contribution >= 0.6 is 58.0 Å². The lowest BCUT2D eigenvalue weighted by molar-refractivity contribution is 1.43. The summed E-state index contributed by atoms with van der Waals surface area (Å²) in [5.41, 5.74) is 0.590. The molecule has 0 saturated heterocycles. The average Bonchev–Trinajstić information content (AvgIpc) is 2.48. The molecule has 2 rings (SSSR count). The van der Waals surface area contributed by atoms with Crippen LogP contribution in [0.2, 0.25) is 25.1 Å². The van der Waals surface area contributed by atoms with E-state index >= 15 is 0 Å². The molecule has 0 radical (unpaired) electrons. The lowest BCUT2D eigenvalue weighted by Gasteiger charge is -2.15. The van der Waals surface area contributed by atoms with E-state index in [0.29, 0.717) is 15.7 Å². The molecule has 0 saturated carbocycles. The Bertz CT molecular complexity index is 849.